The summed E-state index contributed by atoms with van der Waals surface area (Å²) in [7, 11) is 0. The molecule has 0 bridgehead atoms. The van der Waals surface area contributed by atoms with Crippen LogP contribution in [-0.4, -0.2) is 40.6 Å². The predicted octanol–water partition coefficient (Wildman–Crippen LogP) is 6.13. The summed E-state index contributed by atoms with van der Waals surface area (Å²) in [5.74, 6) is 1.60. The van der Waals surface area contributed by atoms with Crippen molar-refractivity contribution in [3.63, 3.8) is 0 Å². The van der Waals surface area contributed by atoms with Gasteiger partial charge in [-0.25, -0.2) is 4.98 Å². The zero-order chi connectivity index (χ0) is 27.2. The number of aromatic nitrogens is 1. The first-order valence-corrected chi connectivity index (χ1v) is 13.0. The van der Waals surface area contributed by atoms with Crippen LogP contribution in [0, 0.1) is 5.41 Å². The SMILES string of the molecule is C=CC(=O)N1CCCC(Nc2c(-c3ccccc3)cnc(N)c2C(=N)c2ccc(Oc3ccccc3)cc2)C1. The molecule has 39 heavy (non-hydrogen) atoms. The van der Waals surface area contributed by atoms with Gasteiger partial charge in [0, 0.05) is 36.5 Å². The van der Waals surface area contributed by atoms with Crippen molar-refractivity contribution in [1.82, 2.24) is 9.88 Å². The van der Waals surface area contributed by atoms with E-state index in [1.54, 1.807) is 11.1 Å². The molecule has 1 atom stereocenters. The van der Waals surface area contributed by atoms with Crippen molar-refractivity contribution in [2.75, 3.05) is 24.1 Å². The minimum atomic E-state index is -0.0789. The molecule has 0 spiro atoms. The van der Waals surface area contributed by atoms with E-state index in [0.29, 0.717) is 30.0 Å². The maximum absolute atomic E-state index is 12.3. The number of hydrogen-bond acceptors (Lipinski definition) is 6. The van der Waals surface area contributed by atoms with Gasteiger partial charge in [0.2, 0.25) is 5.91 Å². The Morgan fingerprint density at radius 3 is 2.38 bits per heavy atom. The number of hydrogen-bond donors (Lipinski definition) is 3. The van der Waals surface area contributed by atoms with E-state index in [2.05, 4.69) is 16.9 Å². The fourth-order valence-corrected chi connectivity index (χ4v) is 4.85. The third-order valence-corrected chi connectivity index (χ3v) is 6.82. The molecule has 1 saturated heterocycles. The lowest BCUT2D eigenvalue weighted by atomic mass is 9.95. The number of nitrogens with zero attached hydrogens (tertiary/aromatic N) is 2. The first-order chi connectivity index (χ1) is 19.0. The maximum atomic E-state index is 12.3. The van der Waals surface area contributed by atoms with Gasteiger partial charge in [-0.15, -0.1) is 0 Å². The third kappa shape index (κ3) is 5.83. The number of benzene rings is 3. The molecular weight excluding hydrogens is 486 g/mol. The fourth-order valence-electron chi connectivity index (χ4n) is 4.85. The van der Waals surface area contributed by atoms with Gasteiger partial charge in [-0.05, 0) is 60.9 Å². The molecule has 1 aliphatic heterocycles. The average Bonchev–Trinajstić information content (AvgIpc) is 2.98. The standard InChI is InChI=1S/C32H31N5O2/c1-2-28(38)37-19-9-12-24(21-37)36-31-27(22-10-5-3-6-11-22)20-35-32(34)29(31)30(33)23-15-17-26(18-16-23)39-25-13-7-4-8-14-25/h2-8,10-11,13-18,20,24,33H,1,9,12,19,21H2,(H3,34,35,36). The number of likely N-dealkylation sites (tertiary alicyclic amines) is 1. The number of nitrogens with two attached hydrogens (primary N) is 1. The first kappa shape index (κ1) is 25.7. The van der Waals surface area contributed by atoms with Crippen molar-refractivity contribution >= 4 is 23.1 Å². The molecule has 1 fully saturated rings. The summed E-state index contributed by atoms with van der Waals surface area (Å²) >= 11 is 0. The fraction of sp³-hybridized carbons (Fsp3) is 0.156. The third-order valence-electron chi connectivity index (χ3n) is 6.82. The quantitative estimate of drug-likeness (QED) is 0.193. The minimum Gasteiger partial charge on any atom is -0.457 e. The van der Waals surface area contributed by atoms with Gasteiger partial charge in [0.05, 0.1) is 17.0 Å². The highest BCUT2D eigenvalue weighted by Crippen LogP contribution is 2.36. The molecule has 1 amide bonds. The van der Waals surface area contributed by atoms with Crippen molar-refractivity contribution in [3.8, 4) is 22.6 Å². The zero-order valence-corrected chi connectivity index (χ0v) is 21.6. The lowest BCUT2D eigenvalue weighted by molar-refractivity contribution is -0.127. The molecule has 4 aromatic rings. The number of nitrogen functional groups attached to an aromatic ring is 1. The van der Waals surface area contributed by atoms with Crippen molar-refractivity contribution in [2.24, 2.45) is 0 Å². The molecule has 2 heterocycles. The van der Waals surface area contributed by atoms with Gasteiger partial charge in [-0.1, -0.05) is 55.1 Å². The lowest BCUT2D eigenvalue weighted by Crippen LogP contribution is -2.44. The number of piperidine rings is 1. The van der Waals surface area contributed by atoms with Crippen molar-refractivity contribution in [1.29, 1.82) is 5.41 Å². The topological polar surface area (TPSA) is 104 Å². The van der Waals surface area contributed by atoms with Gasteiger partial charge in [0.15, 0.2) is 0 Å². The molecule has 5 rings (SSSR count). The highest BCUT2D eigenvalue weighted by atomic mass is 16.5. The van der Waals surface area contributed by atoms with Crippen molar-refractivity contribution < 1.29 is 9.53 Å². The number of pyridine rings is 1. The Labute approximate surface area is 228 Å². The van der Waals surface area contributed by atoms with E-state index < -0.39 is 0 Å². The molecule has 7 nitrogen and oxygen atoms in total. The number of nitrogens with one attached hydrogen (secondary N) is 2. The summed E-state index contributed by atoms with van der Waals surface area (Å²) in [5, 5.41) is 12.8. The number of para-hydroxylation sites is 1. The summed E-state index contributed by atoms with van der Waals surface area (Å²) in [6.07, 6.45) is 4.86. The average molecular weight is 518 g/mol. The van der Waals surface area contributed by atoms with Gasteiger partial charge in [0.25, 0.3) is 0 Å². The molecule has 3 aromatic carbocycles. The Kier molecular flexibility index (Phi) is 7.68. The van der Waals surface area contributed by atoms with Gasteiger partial charge >= 0.3 is 0 Å². The van der Waals surface area contributed by atoms with Gasteiger partial charge < -0.3 is 20.7 Å². The highest BCUT2D eigenvalue weighted by molar-refractivity contribution is 6.18. The normalized spacial score (nSPS) is 14.9. The van der Waals surface area contributed by atoms with E-state index in [1.165, 1.54) is 6.08 Å². The van der Waals surface area contributed by atoms with Crippen LogP contribution in [0.15, 0.2) is 104 Å². The van der Waals surface area contributed by atoms with Crippen molar-refractivity contribution in [3.05, 3.63) is 115 Å². The molecular formula is C32H31N5O2. The first-order valence-electron chi connectivity index (χ1n) is 13.0. The van der Waals surface area contributed by atoms with E-state index in [9.17, 15) is 10.2 Å². The number of amides is 1. The lowest BCUT2D eigenvalue weighted by Gasteiger charge is -2.34. The molecule has 7 heteroatoms. The summed E-state index contributed by atoms with van der Waals surface area (Å²) < 4.78 is 5.92. The largest absolute Gasteiger partial charge is 0.457 e. The summed E-state index contributed by atoms with van der Waals surface area (Å²) in [6.45, 7) is 4.88. The van der Waals surface area contributed by atoms with E-state index in [4.69, 9.17) is 10.5 Å². The van der Waals surface area contributed by atoms with E-state index in [0.717, 1.165) is 35.4 Å². The van der Waals surface area contributed by atoms with Crippen LogP contribution in [0.25, 0.3) is 11.1 Å². The minimum absolute atomic E-state index is 0.0138. The summed E-state index contributed by atoms with van der Waals surface area (Å²) in [5.41, 5.74) is 10.5. The van der Waals surface area contributed by atoms with Crippen LogP contribution in [0.4, 0.5) is 11.5 Å². The van der Waals surface area contributed by atoms with Crippen LogP contribution in [0.3, 0.4) is 0 Å². The van der Waals surface area contributed by atoms with Crippen LogP contribution in [0.1, 0.15) is 24.0 Å². The Morgan fingerprint density at radius 1 is 1.03 bits per heavy atom. The van der Waals surface area contributed by atoms with Crippen LogP contribution in [0.2, 0.25) is 0 Å². The van der Waals surface area contributed by atoms with Crippen LogP contribution in [0.5, 0.6) is 11.5 Å². The summed E-state index contributed by atoms with van der Waals surface area (Å²) in [4.78, 5) is 18.6. The van der Waals surface area contributed by atoms with Gasteiger partial charge in [0.1, 0.15) is 17.3 Å². The Balaban J connectivity index is 1.50. The summed E-state index contributed by atoms with van der Waals surface area (Å²) in [6, 6.07) is 26.9. The predicted molar refractivity (Wildman–Crippen MR) is 156 cm³/mol. The number of ether oxygens (including phenoxy) is 1. The Hall–Kier alpha value is -4.91. The van der Waals surface area contributed by atoms with Crippen molar-refractivity contribution in [2.45, 2.75) is 18.9 Å². The number of carbonyl (C=O) groups is 1. The highest BCUT2D eigenvalue weighted by Gasteiger charge is 2.26. The molecule has 1 aromatic heterocycles. The zero-order valence-electron chi connectivity index (χ0n) is 21.6. The van der Waals surface area contributed by atoms with E-state index in [1.807, 2.05) is 84.9 Å². The van der Waals surface area contributed by atoms with Crippen LogP contribution >= 0.6 is 0 Å². The van der Waals surface area contributed by atoms with E-state index >= 15 is 0 Å². The van der Waals surface area contributed by atoms with Gasteiger partial charge in [-0.2, -0.15) is 0 Å². The molecule has 0 saturated carbocycles. The monoisotopic (exact) mass is 517 g/mol. The van der Waals surface area contributed by atoms with Gasteiger partial charge in [-0.3, -0.25) is 10.2 Å². The molecule has 0 aliphatic carbocycles. The number of rotatable bonds is 8. The smallest absolute Gasteiger partial charge is 0.246 e. The number of anilines is 2. The van der Waals surface area contributed by atoms with Crippen LogP contribution < -0.4 is 15.8 Å². The van der Waals surface area contributed by atoms with E-state index in [-0.39, 0.29) is 23.5 Å². The molecule has 4 N–H and O–H groups in total. The second-order valence-corrected chi connectivity index (χ2v) is 9.46. The maximum Gasteiger partial charge on any atom is 0.246 e. The Bertz CT molecular complexity index is 1470. The molecule has 1 unspecified atom stereocenters. The molecule has 1 aliphatic rings. The second-order valence-electron chi connectivity index (χ2n) is 9.46. The second kappa shape index (κ2) is 11.6. The molecule has 0 radical (unpaired) electrons. The molecule has 196 valence electrons. The number of carbonyl (C=O) groups excluding carboxylic acids is 1. The van der Waals surface area contributed by atoms with Crippen LogP contribution in [-0.2, 0) is 4.79 Å². The Morgan fingerprint density at radius 2 is 1.69 bits per heavy atom.